The SMILES string of the molecule is C[C@H](CN1CCOCC1)NC(=O)CCc1nnc(-c2ccccc2)o1. The monoisotopic (exact) mass is 344 g/mol. The van der Waals surface area contributed by atoms with Gasteiger partial charge in [-0.15, -0.1) is 10.2 Å². The Hall–Kier alpha value is -2.25. The molecule has 0 bridgehead atoms. The lowest BCUT2D eigenvalue weighted by Gasteiger charge is -2.29. The molecule has 0 radical (unpaired) electrons. The first kappa shape index (κ1) is 17.6. The molecule has 1 atom stereocenters. The number of aromatic nitrogens is 2. The van der Waals surface area contributed by atoms with Gasteiger partial charge in [-0.25, -0.2) is 0 Å². The second-order valence-corrected chi connectivity index (χ2v) is 6.25. The van der Waals surface area contributed by atoms with Gasteiger partial charge in [0.05, 0.1) is 13.2 Å². The molecule has 134 valence electrons. The highest BCUT2D eigenvalue weighted by molar-refractivity contribution is 5.76. The van der Waals surface area contributed by atoms with Crippen LogP contribution < -0.4 is 5.32 Å². The first-order valence-electron chi connectivity index (χ1n) is 8.68. The number of hydrogen-bond acceptors (Lipinski definition) is 6. The summed E-state index contributed by atoms with van der Waals surface area (Å²) in [5.74, 6) is 0.965. The summed E-state index contributed by atoms with van der Waals surface area (Å²) in [6.07, 6.45) is 0.778. The van der Waals surface area contributed by atoms with E-state index in [2.05, 4.69) is 20.4 Å². The third kappa shape index (κ3) is 5.37. The second kappa shape index (κ2) is 8.73. The molecule has 3 rings (SSSR count). The number of nitrogens with one attached hydrogen (secondary N) is 1. The molecular formula is C18H24N4O3. The fraction of sp³-hybridized carbons (Fsp3) is 0.500. The van der Waals surface area contributed by atoms with Crippen molar-refractivity contribution < 1.29 is 13.9 Å². The Morgan fingerprint density at radius 1 is 1.24 bits per heavy atom. The van der Waals surface area contributed by atoms with Gasteiger partial charge in [0.2, 0.25) is 17.7 Å². The molecule has 1 amide bonds. The van der Waals surface area contributed by atoms with Crippen LogP contribution in [0.1, 0.15) is 19.2 Å². The van der Waals surface area contributed by atoms with Gasteiger partial charge in [-0.2, -0.15) is 0 Å². The van der Waals surface area contributed by atoms with Gasteiger partial charge in [0.15, 0.2) is 0 Å². The van der Waals surface area contributed by atoms with E-state index in [1.807, 2.05) is 37.3 Å². The molecule has 1 aromatic carbocycles. The highest BCUT2D eigenvalue weighted by Gasteiger charge is 2.16. The van der Waals surface area contributed by atoms with Crippen molar-refractivity contribution in [1.82, 2.24) is 20.4 Å². The van der Waals surface area contributed by atoms with Crippen molar-refractivity contribution in [3.8, 4) is 11.5 Å². The van der Waals surface area contributed by atoms with Crippen molar-refractivity contribution in [3.63, 3.8) is 0 Å². The van der Waals surface area contributed by atoms with Crippen LogP contribution in [-0.2, 0) is 16.0 Å². The van der Waals surface area contributed by atoms with Crippen LogP contribution in [0.15, 0.2) is 34.7 Å². The number of ether oxygens (including phenoxy) is 1. The average Bonchev–Trinajstić information content (AvgIpc) is 3.10. The van der Waals surface area contributed by atoms with Crippen molar-refractivity contribution in [3.05, 3.63) is 36.2 Å². The summed E-state index contributed by atoms with van der Waals surface area (Å²) in [5, 5.41) is 11.1. The Balaban J connectivity index is 1.42. The molecule has 0 aliphatic carbocycles. The Kier molecular flexibility index (Phi) is 6.14. The maximum Gasteiger partial charge on any atom is 0.247 e. The quantitative estimate of drug-likeness (QED) is 0.820. The number of carbonyl (C=O) groups is 1. The third-order valence-electron chi connectivity index (χ3n) is 4.10. The molecule has 1 N–H and O–H groups in total. The van der Waals surface area contributed by atoms with Crippen LogP contribution in [0.3, 0.4) is 0 Å². The largest absolute Gasteiger partial charge is 0.421 e. The number of rotatable bonds is 7. The highest BCUT2D eigenvalue weighted by atomic mass is 16.5. The minimum atomic E-state index is 0.000204. The molecule has 1 saturated heterocycles. The van der Waals surface area contributed by atoms with Crippen molar-refractivity contribution in [2.24, 2.45) is 0 Å². The molecule has 0 spiro atoms. The molecule has 1 aliphatic rings. The Labute approximate surface area is 147 Å². The van der Waals surface area contributed by atoms with Crippen LogP contribution >= 0.6 is 0 Å². The molecule has 2 aromatic rings. The molecule has 1 aromatic heterocycles. The van der Waals surface area contributed by atoms with Gasteiger partial charge in [-0.3, -0.25) is 9.69 Å². The Morgan fingerprint density at radius 2 is 2.00 bits per heavy atom. The van der Waals surface area contributed by atoms with E-state index in [1.54, 1.807) is 0 Å². The lowest BCUT2D eigenvalue weighted by molar-refractivity contribution is -0.121. The Bertz CT molecular complexity index is 668. The number of carbonyl (C=O) groups excluding carboxylic acids is 1. The Morgan fingerprint density at radius 3 is 2.76 bits per heavy atom. The zero-order chi connectivity index (χ0) is 17.5. The first-order chi connectivity index (χ1) is 12.2. The molecule has 2 heterocycles. The number of benzene rings is 1. The average molecular weight is 344 g/mol. The number of morpholine rings is 1. The van der Waals surface area contributed by atoms with E-state index >= 15 is 0 Å². The lowest BCUT2D eigenvalue weighted by atomic mass is 10.2. The molecule has 0 unspecified atom stereocenters. The van der Waals surface area contributed by atoms with Crippen LogP contribution in [0.2, 0.25) is 0 Å². The zero-order valence-electron chi connectivity index (χ0n) is 14.5. The zero-order valence-corrected chi connectivity index (χ0v) is 14.5. The highest BCUT2D eigenvalue weighted by Crippen LogP contribution is 2.17. The summed E-state index contributed by atoms with van der Waals surface area (Å²) >= 11 is 0. The number of amides is 1. The normalized spacial score (nSPS) is 16.5. The van der Waals surface area contributed by atoms with Crippen LogP contribution in [0, 0.1) is 0 Å². The summed E-state index contributed by atoms with van der Waals surface area (Å²) in [6.45, 7) is 6.24. The molecule has 7 nitrogen and oxygen atoms in total. The van der Waals surface area contributed by atoms with Gasteiger partial charge in [0.1, 0.15) is 0 Å². The summed E-state index contributed by atoms with van der Waals surface area (Å²) < 4.78 is 11.0. The minimum Gasteiger partial charge on any atom is -0.421 e. The van der Waals surface area contributed by atoms with E-state index in [1.165, 1.54) is 0 Å². The molecule has 0 saturated carbocycles. The summed E-state index contributed by atoms with van der Waals surface area (Å²) in [4.78, 5) is 14.4. The first-order valence-corrected chi connectivity index (χ1v) is 8.68. The minimum absolute atomic E-state index is 0.000204. The van der Waals surface area contributed by atoms with E-state index < -0.39 is 0 Å². The molecular weight excluding hydrogens is 320 g/mol. The van der Waals surface area contributed by atoms with Crippen LogP contribution in [0.4, 0.5) is 0 Å². The summed E-state index contributed by atoms with van der Waals surface area (Å²) in [5.41, 5.74) is 0.879. The second-order valence-electron chi connectivity index (χ2n) is 6.25. The predicted molar refractivity (Wildman–Crippen MR) is 92.9 cm³/mol. The van der Waals surface area contributed by atoms with Gasteiger partial charge in [-0.05, 0) is 19.1 Å². The lowest BCUT2D eigenvalue weighted by Crippen LogP contribution is -2.46. The van der Waals surface area contributed by atoms with Crippen molar-refractivity contribution in [1.29, 1.82) is 0 Å². The maximum atomic E-state index is 12.1. The standard InChI is InChI=1S/C18H24N4O3/c1-14(13-22-9-11-24-12-10-22)19-16(23)7-8-17-20-21-18(25-17)15-5-3-2-4-6-15/h2-6,14H,7-13H2,1H3,(H,19,23)/t14-/m1/s1. The molecule has 25 heavy (non-hydrogen) atoms. The predicted octanol–water partition coefficient (Wildman–Crippen LogP) is 1.51. The van der Waals surface area contributed by atoms with E-state index in [4.69, 9.17) is 9.15 Å². The van der Waals surface area contributed by atoms with E-state index in [-0.39, 0.29) is 11.9 Å². The summed E-state index contributed by atoms with van der Waals surface area (Å²) in [6, 6.07) is 9.70. The van der Waals surface area contributed by atoms with Crippen molar-refractivity contribution in [2.45, 2.75) is 25.8 Å². The maximum absolute atomic E-state index is 12.1. The van der Waals surface area contributed by atoms with Gasteiger partial charge in [0, 0.05) is 44.1 Å². The summed E-state index contributed by atoms with van der Waals surface area (Å²) in [7, 11) is 0. The molecule has 7 heteroatoms. The van der Waals surface area contributed by atoms with Crippen LogP contribution in [0.25, 0.3) is 11.5 Å². The smallest absolute Gasteiger partial charge is 0.247 e. The van der Waals surface area contributed by atoms with Crippen LogP contribution in [-0.4, -0.2) is 59.9 Å². The van der Waals surface area contributed by atoms with Crippen LogP contribution in [0.5, 0.6) is 0 Å². The van der Waals surface area contributed by atoms with E-state index in [0.717, 1.165) is 38.4 Å². The van der Waals surface area contributed by atoms with Gasteiger partial charge < -0.3 is 14.5 Å². The van der Waals surface area contributed by atoms with E-state index in [0.29, 0.717) is 24.6 Å². The van der Waals surface area contributed by atoms with E-state index in [9.17, 15) is 4.79 Å². The number of aryl methyl sites for hydroxylation is 1. The fourth-order valence-electron chi connectivity index (χ4n) is 2.84. The number of nitrogens with zero attached hydrogens (tertiary/aromatic N) is 3. The van der Waals surface area contributed by atoms with Gasteiger partial charge in [-0.1, -0.05) is 18.2 Å². The molecule has 1 aliphatic heterocycles. The fourth-order valence-corrected chi connectivity index (χ4v) is 2.84. The topological polar surface area (TPSA) is 80.5 Å². The van der Waals surface area contributed by atoms with Gasteiger partial charge in [0.25, 0.3) is 0 Å². The molecule has 1 fully saturated rings. The van der Waals surface area contributed by atoms with Crippen molar-refractivity contribution >= 4 is 5.91 Å². The van der Waals surface area contributed by atoms with Crippen molar-refractivity contribution in [2.75, 3.05) is 32.8 Å². The third-order valence-corrected chi connectivity index (χ3v) is 4.10. The van der Waals surface area contributed by atoms with Gasteiger partial charge >= 0.3 is 0 Å². The number of hydrogen-bond donors (Lipinski definition) is 1.